The van der Waals surface area contributed by atoms with Crippen LogP contribution in [-0.4, -0.2) is 9.97 Å². The van der Waals surface area contributed by atoms with Crippen molar-refractivity contribution in [1.29, 1.82) is 0 Å². The van der Waals surface area contributed by atoms with Crippen molar-refractivity contribution in [1.82, 2.24) is 15.3 Å². The Labute approximate surface area is 104 Å². The molecule has 2 rings (SSSR count). The van der Waals surface area contributed by atoms with Gasteiger partial charge in [-0.25, -0.2) is 9.97 Å². The molecule has 0 aromatic carbocycles. The van der Waals surface area contributed by atoms with Crippen LogP contribution in [-0.2, 0) is 6.54 Å². The number of nitrogens with zero attached hydrogens (tertiary/aromatic N) is 2. The SMILES string of the molecule is CC(NCc1cscn1)c1ccnc(Cl)c1. The molecular formula is C11H12ClN3S. The van der Waals surface area contributed by atoms with Gasteiger partial charge in [0, 0.05) is 24.2 Å². The zero-order valence-corrected chi connectivity index (χ0v) is 10.4. The average molecular weight is 254 g/mol. The number of nitrogens with one attached hydrogen (secondary N) is 1. The summed E-state index contributed by atoms with van der Waals surface area (Å²) in [6.45, 7) is 2.86. The van der Waals surface area contributed by atoms with E-state index in [1.54, 1.807) is 17.5 Å². The second-order valence-corrected chi connectivity index (χ2v) is 4.60. The van der Waals surface area contributed by atoms with Crippen LogP contribution >= 0.6 is 22.9 Å². The lowest BCUT2D eigenvalue weighted by Gasteiger charge is -2.13. The van der Waals surface area contributed by atoms with Gasteiger partial charge < -0.3 is 5.32 Å². The molecule has 0 bridgehead atoms. The number of pyridine rings is 1. The highest BCUT2D eigenvalue weighted by Gasteiger charge is 2.06. The van der Waals surface area contributed by atoms with E-state index in [1.807, 2.05) is 23.0 Å². The van der Waals surface area contributed by atoms with Crippen LogP contribution in [0, 0.1) is 0 Å². The molecule has 0 aliphatic heterocycles. The summed E-state index contributed by atoms with van der Waals surface area (Å²) < 4.78 is 0. The number of aromatic nitrogens is 2. The molecule has 0 radical (unpaired) electrons. The van der Waals surface area contributed by atoms with Crippen molar-refractivity contribution in [2.75, 3.05) is 0 Å². The first-order valence-electron chi connectivity index (χ1n) is 4.97. The third-order valence-electron chi connectivity index (χ3n) is 2.32. The van der Waals surface area contributed by atoms with Gasteiger partial charge in [-0.2, -0.15) is 0 Å². The van der Waals surface area contributed by atoms with Gasteiger partial charge in [0.05, 0.1) is 11.2 Å². The summed E-state index contributed by atoms with van der Waals surface area (Å²) in [7, 11) is 0. The van der Waals surface area contributed by atoms with Crippen LogP contribution in [0.5, 0.6) is 0 Å². The average Bonchev–Trinajstić information content (AvgIpc) is 2.78. The molecule has 0 fully saturated rings. The number of halogens is 1. The standard InChI is InChI=1S/C11H12ClN3S/c1-8(9-2-3-13-11(12)4-9)14-5-10-6-16-7-15-10/h2-4,6-8,14H,5H2,1H3. The Morgan fingerprint density at radius 1 is 1.50 bits per heavy atom. The number of hydrogen-bond acceptors (Lipinski definition) is 4. The van der Waals surface area contributed by atoms with E-state index >= 15 is 0 Å². The molecule has 2 aromatic heterocycles. The molecule has 0 amide bonds. The van der Waals surface area contributed by atoms with Gasteiger partial charge in [0.2, 0.25) is 0 Å². The van der Waals surface area contributed by atoms with Crippen molar-refractivity contribution in [3.63, 3.8) is 0 Å². The van der Waals surface area contributed by atoms with Crippen LogP contribution in [0.3, 0.4) is 0 Å². The van der Waals surface area contributed by atoms with Crippen molar-refractivity contribution in [2.24, 2.45) is 0 Å². The third-order valence-corrected chi connectivity index (χ3v) is 3.17. The molecule has 0 aliphatic rings. The predicted octanol–water partition coefficient (Wildman–Crippen LogP) is 3.04. The lowest BCUT2D eigenvalue weighted by molar-refractivity contribution is 0.568. The van der Waals surface area contributed by atoms with E-state index < -0.39 is 0 Å². The molecular weight excluding hydrogens is 242 g/mol. The molecule has 1 unspecified atom stereocenters. The molecule has 0 saturated heterocycles. The number of thiazole rings is 1. The number of hydrogen-bond donors (Lipinski definition) is 1. The van der Waals surface area contributed by atoms with Gasteiger partial charge in [-0.05, 0) is 24.6 Å². The van der Waals surface area contributed by atoms with Crippen molar-refractivity contribution >= 4 is 22.9 Å². The smallest absolute Gasteiger partial charge is 0.129 e. The minimum Gasteiger partial charge on any atom is -0.305 e. The summed E-state index contributed by atoms with van der Waals surface area (Å²) in [6, 6.07) is 4.08. The Balaban J connectivity index is 1.95. The molecule has 0 aliphatic carbocycles. The molecule has 2 aromatic rings. The van der Waals surface area contributed by atoms with E-state index in [-0.39, 0.29) is 6.04 Å². The maximum atomic E-state index is 5.84. The highest BCUT2D eigenvalue weighted by Crippen LogP contribution is 2.15. The van der Waals surface area contributed by atoms with Crippen LogP contribution in [0.1, 0.15) is 24.2 Å². The maximum absolute atomic E-state index is 5.84. The molecule has 84 valence electrons. The fourth-order valence-corrected chi connectivity index (χ4v) is 2.13. The zero-order chi connectivity index (χ0) is 11.4. The Morgan fingerprint density at radius 3 is 3.06 bits per heavy atom. The molecule has 1 N–H and O–H groups in total. The highest BCUT2D eigenvalue weighted by atomic mass is 35.5. The first-order chi connectivity index (χ1) is 7.75. The molecule has 5 heteroatoms. The molecule has 0 saturated carbocycles. The van der Waals surface area contributed by atoms with Crippen LogP contribution in [0.15, 0.2) is 29.2 Å². The van der Waals surface area contributed by atoms with Gasteiger partial charge in [-0.15, -0.1) is 11.3 Å². The minimum absolute atomic E-state index is 0.238. The fourth-order valence-electron chi connectivity index (χ4n) is 1.39. The largest absolute Gasteiger partial charge is 0.305 e. The Kier molecular flexibility index (Phi) is 3.88. The first kappa shape index (κ1) is 11.5. The Hall–Kier alpha value is -0.970. The second-order valence-electron chi connectivity index (χ2n) is 3.49. The lowest BCUT2D eigenvalue weighted by atomic mass is 10.1. The van der Waals surface area contributed by atoms with Crippen LogP contribution in [0.4, 0.5) is 0 Å². The van der Waals surface area contributed by atoms with Crippen molar-refractivity contribution < 1.29 is 0 Å². The minimum atomic E-state index is 0.238. The predicted molar refractivity (Wildman–Crippen MR) is 66.6 cm³/mol. The summed E-state index contributed by atoms with van der Waals surface area (Å²) in [5.74, 6) is 0. The van der Waals surface area contributed by atoms with Gasteiger partial charge in [0.25, 0.3) is 0 Å². The monoisotopic (exact) mass is 253 g/mol. The quantitative estimate of drug-likeness (QED) is 0.851. The zero-order valence-electron chi connectivity index (χ0n) is 8.85. The van der Waals surface area contributed by atoms with E-state index in [0.717, 1.165) is 17.8 Å². The van der Waals surface area contributed by atoms with Crippen LogP contribution in [0.2, 0.25) is 5.15 Å². The van der Waals surface area contributed by atoms with Crippen molar-refractivity contribution in [3.8, 4) is 0 Å². The maximum Gasteiger partial charge on any atom is 0.129 e. The summed E-state index contributed by atoms with van der Waals surface area (Å²) in [4.78, 5) is 8.18. The third kappa shape index (κ3) is 3.01. The highest BCUT2D eigenvalue weighted by molar-refractivity contribution is 7.07. The molecule has 2 heterocycles. The molecule has 1 atom stereocenters. The van der Waals surface area contributed by atoms with Gasteiger partial charge in [0.1, 0.15) is 5.15 Å². The normalized spacial score (nSPS) is 12.6. The van der Waals surface area contributed by atoms with Crippen LogP contribution in [0.25, 0.3) is 0 Å². The van der Waals surface area contributed by atoms with Crippen LogP contribution < -0.4 is 5.32 Å². The van der Waals surface area contributed by atoms with E-state index in [9.17, 15) is 0 Å². The summed E-state index contributed by atoms with van der Waals surface area (Å²) in [5, 5.41) is 5.95. The summed E-state index contributed by atoms with van der Waals surface area (Å²) in [6.07, 6.45) is 1.72. The van der Waals surface area contributed by atoms with E-state index in [2.05, 4.69) is 22.2 Å². The van der Waals surface area contributed by atoms with E-state index in [0.29, 0.717) is 5.15 Å². The number of rotatable bonds is 4. The van der Waals surface area contributed by atoms with Crippen molar-refractivity contribution in [2.45, 2.75) is 19.5 Å². The van der Waals surface area contributed by atoms with Gasteiger partial charge in [0.15, 0.2) is 0 Å². The Morgan fingerprint density at radius 2 is 2.38 bits per heavy atom. The lowest BCUT2D eigenvalue weighted by Crippen LogP contribution is -2.18. The molecule has 0 spiro atoms. The summed E-state index contributed by atoms with van der Waals surface area (Å²) >= 11 is 7.45. The Bertz CT molecular complexity index is 444. The van der Waals surface area contributed by atoms with Crippen molar-refractivity contribution in [3.05, 3.63) is 45.6 Å². The summed E-state index contributed by atoms with van der Waals surface area (Å²) in [5.41, 5.74) is 4.04. The van der Waals surface area contributed by atoms with E-state index in [4.69, 9.17) is 11.6 Å². The topological polar surface area (TPSA) is 37.8 Å². The van der Waals surface area contributed by atoms with E-state index in [1.165, 1.54) is 0 Å². The molecule has 16 heavy (non-hydrogen) atoms. The van der Waals surface area contributed by atoms with Gasteiger partial charge in [-0.1, -0.05) is 11.6 Å². The molecule has 3 nitrogen and oxygen atoms in total. The van der Waals surface area contributed by atoms with Gasteiger partial charge >= 0.3 is 0 Å². The fraction of sp³-hybridized carbons (Fsp3) is 0.273. The first-order valence-corrected chi connectivity index (χ1v) is 6.29. The van der Waals surface area contributed by atoms with Gasteiger partial charge in [-0.3, -0.25) is 0 Å². The second kappa shape index (κ2) is 5.39.